The fourth-order valence-corrected chi connectivity index (χ4v) is 4.19. The lowest BCUT2D eigenvalue weighted by Crippen LogP contribution is -2.44. The zero-order valence-corrected chi connectivity index (χ0v) is 16.8. The van der Waals surface area contributed by atoms with Crippen molar-refractivity contribution in [2.24, 2.45) is 0 Å². The first kappa shape index (κ1) is 21.5. The van der Waals surface area contributed by atoms with Gasteiger partial charge in [0, 0.05) is 38.9 Å². The third-order valence-electron chi connectivity index (χ3n) is 4.74. The van der Waals surface area contributed by atoms with Crippen LogP contribution in [0.1, 0.15) is 16.7 Å². The molecule has 10 heteroatoms. The molecular formula is C19H23F3N4O2S. The highest BCUT2D eigenvalue weighted by atomic mass is 32.2. The van der Waals surface area contributed by atoms with E-state index in [0.717, 1.165) is 49.7 Å². The van der Waals surface area contributed by atoms with Crippen molar-refractivity contribution >= 4 is 15.8 Å². The van der Waals surface area contributed by atoms with Crippen molar-refractivity contribution in [3.05, 3.63) is 59.3 Å². The van der Waals surface area contributed by atoms with Gasteiger partial charge in [0.2, 0.25) is 10.0 Å². The number of piperazine rings is 1. The van der Waals surface area contributed by atoms with Crippen molar-refractivity contribution in [3.8, 4) is 0 Å². The van der Waals surface area contributed by atoms with Crippen molar-refractivity contribution < 1.29 is 21.6 Å². The summed E-state index contributed by atoms with van der Waals surface area (Å²) >= 11 is 0. The molecule has 6 nitrogen and oxygen atoms in total. The van der Waals surface area contributed by atoms with Gasteiger partial charge in [-0.1, -0.05) is 18.2 Å². The smallest absolute Gasteiger partial charge is 0.354 e. The number of halogens is 3. The molecule has 2 aromatic rings. The summed E-state index contributed by atoms with van der Waals surface area (Å²) in [6.45, 7) is 3.58. The molecule has 0 amide bonds. The molecule has 0 unspecified atom stereocenters. The second-order valence-corrected chi connectivity index (χ2v) is 8.90. The maximum absolute atomic E-state index is 12.8. The number of hydrogen-bond acceptors (Lipinski definition) is 5. The Balaban J connectivity index is 1.63. The van der Waals surface area contributed by atoms with Crippen LogP contribution < -0.4 is 9.62 Å². The van der Waals surface area contributed by atoms with E-state index in [1.807, 2.05) is 6.07 Å². The molecular weight excluding hydrogens is 405 g/mol. The van der Waals surface area contributed by atoms with Crippen LogP contribution in [0.15, 0.2) is 42.6 Å². The molecule has 3 rings (SSSR count). The van der Waals surface area contributed by atoms with Crippen LogP contribution >= 0.6 is 0 Å². The zero-order chi connectivity index (χ0) is 21.1. The lowest BCUT2D eigenvalue weighted by Gasteiger charge is -2.33. The minimum atomic E-state index is -4.51. The molecule has 1 aliphatic heterocycles. The number of alkyl halides is 3. The Morgan fingerprint density at radius 1 is 1.07 bits per heavy atom. The monoisotopic (exact) mass is 428 g/mol. The zero-order valence-electron chi connectivity index (χ0n) is 16.0. The summed E-state index contributed by atoms with van der Waals surface area (Å²) in [5, 5.41) is 0. The Kier molecular flexibility index (Phi) is 6.45. The van der Waals surface area contributed by atoms with Gasteiger partial charge in [0.15, 0.2) is 0 Å². The van der Waals surface area contributed by atoms with Gasteiger partial charge in [-0.05, 0) is 36.4 Å². The van der Waals surface area contributed by atoms with Crippen molar-refractivity contribution in [1.29, 1.82) is 0 Å². The summed E-state index contributed by atoms with van der Waals surface area (Å²) in [5.74, 6) is 0.264. The SMILES string of the molecule is CN1CCN(c2cc(CNS(=O)(=O)Cc3cccc(C(F)(F)F)c3)ccn2)CC1. The lowest BCUT2D eigenvalue weighted by atomic mass is 10.1. The summed E-state index contributed by atoms with van der Waals surface area (Å²) in [6, 6.07) is 7.90. The van der Waals surface area contributed by atoms with Crippen LogP contribution in [0.5, 0.6) is 0 Å². The number of rotatable bonds is 6. The second kappa shape index (κ2) is 8.68. The van der Waals surface area contributed by atoms with Crippen LogP contribution in [0, 0.1) is 0 Å². The number of anilines is 1. The fourth-order valence-electron chi connectivity index (χ4n) is 3.08. The molecule has 0 bridgehead atoms. The third kappa shape index (κ3) is 6.15. The average molecular weight is 428 g/mol. The van der Waals surface area contributed by atoms with E-state index < -0.39 is 27.5 Å². The average Bonchev–Trinajstić information content (AvgIpc) is 2.67. The van der Waals surface area contributed by atoms with Gasteiger partial charge in [-0.3, -0.25) is 0 Å². The van der Waals surface area contributed by atoms with Crippen LogP contribution in [-0.2, 0) is 28.5 Å². The molecule has 0 atom stereocenters. The standard InChI is InChI=1S/C19H23F3N4O2S/c1-25-7-9-26(10-8-25)18-12-15(5-6-23-18)13-24-29(27,28)14-16-3-2-4-17(11-16)19(20,21)22/h2-6,11-12,24H,7-10,13-14H2,1H3. The maximum Gasteiger partial charge on any atom is 0.416 e. The van der Waals surface area contributed by atoms with Gasteiger partial charge < -0.3 is 9.80 Å². The molecule has 2 heterocycles. The fraction of sp³-hybridized carbons (Fsp3) is 0.421. The first-order chi connectivity index (χ1) is 13.6. The summed E-state index contributed by atoms with van der Waals surface area (Å²) in [5.41, 5.74) is -0.0436. The summed E-state index contributed by atoms with van der Waals surface area (Å²) in [6.07, 6.45) is -2.88. The molecule has 1 aromatic heterocycles. The summed E-state index contributed by atoms with van der Waals surface area (Å²) < 4.78 is 65.5. The van der Waals surface area contributed by atoms with Crippen molar-refractivity contribution in [3.63, 3.8) is 0 Å². The summed E-state index contributed by atoms with van der Waals surface area (Å²) in [4.78, 5) is 8.72. The maximum atomic E-state index is 12.8. The van der Waals surface area contributed by atoms with E-state index in [0.29, 0.717) is 0 Å². The lowest BCUT2D eigenvalue weighted by molar-refractivity contribution is -0.137. The predicted octanol–water partition coefficient (Wildman–Crippen LogP) is 2.47. The van der Waals surface area contributed by atoms with Crippen LogP contribution in [-0.4, -0.2) is 51.5 Å². The molecule has 1 saturated heterocycles. The van der Waals surface area contributed by atoms with E-state index in [1.165, 1.54) is 12.1 Å². The minimum Gasteiger partial charge on any atom is -0.354 e. The number of benzene rings is 1. The number of aromatic nitrogens is 1. The molecule has 1 fully saturated rings. The molecule has 29 heavy (non-hydrogen) atoms. The van der Waals surface area contributed by atoms with Gasteiger partial charge in [-0.15, -0.1) is 0 Å². The third-order valence-corrected chi connectivity index (χ3v) is 6.04. The van der Waals surface area contributed by atoms with Crippen LogP contribution in [0.3, 0.4) is 0 Å². The molecule has 0 radical (unpaired) electrons. The van der Waals surface area contributed by atoms with Gasteiger partial charge in [-0.25, -0.2) is 18.1 Å². The highest BCUT2D eigenvalue weighted by Crippen LogP contribution is 2.29. The van der Waals surface area contributed by atoms with E-state index in [1.54, 1.807) is 12.3 Å². The van der Waals surface area contributed by atoms with Crippen molar-refractivity contribution in [2.45, 2.75) is 18.5 Å². The van der Waals surface area contributed by atoms with E-state index in [4.69, 9.17) is 0 Å². The largest absolute Gasteiger partial charge is 0.416 e. The Hall–Kier alpha value is -2.17. The number of pyridine rings is 1. The number of nitrogens with one attached hydrogen (secondary N) is 1. The molecule has 1 N–H and O–H groups in total. The van der Waals surface area contributed by atoms with Gasteiger partial charge in [0.1, 0.15) is 5.82 Å². The van der Waals surface area contributed by atoms with E-state index in [-0.39, 0.29) is 12.1 Å². The molecule has 1 aliphatic rings. The van der Waals surface area contributed by atoms with Gasteiger partial charge in [-0.2, -0.15) is 13.2 Å². The van der Waals surface area contributed by atoms with Gasteiger partial charge in [0.05, 0.1) is 11.3 Å². The van der Waals surface area contributed by atoms with E-state index >= 15 is 0 Å². The number of nitrogens with zero attached hydrogens (tertiary/aromatic N) is 3. The van der Waals surface area contributed by atoms with Gasteiger partial charge in [0.25, 0.3) is 0 Å². The van der Waals surface area contributed by atoms with Crippen molar-refractivity contribution in [1.82, 2.24) is 14.6 Å². The van der Waals surface area contributed by atoms with Crippen molar-refractivity contribution in [2.75, 3.05) is 38.1 Å². The molecule has 1 aromatic carbocycles. The normalized spacial score (nSPS) is 16.2. The van der Waals surface area contributed by atoms with Crippen LogP contribution in [0.2, 0.25) is 0 Å². The highest BCUT2D eigenvalue weighted by molar-refractivity contribution is 7.88. The van der Waals surface area contributed by atoms with E-state index in [9.17, 15) is 21.6 Å². The first-order valence-electron chi connectivity index (χ1n) is 9.14. The Morgan fingerprint density at radius 3 is 2.48 bits per heavy atom. The Bertz CT molecular complexity index is 942. The molecule has 158 valence electrons. The molecule has 0 aliphatic carbocycles. The van der Waals surface area contributed by atoms with Gasteiger partial charge >= 0.3 is 6.18 Å². The molecule has 0 spiro atoms. The highest BCUT2D eigenvalue weighted by Gasteiger charge is 2.30. The number of likely N-dealkylation sites (N-methyl/N-ethyl adjacent to an activating group) is 1. The minimum absolute atomic E-state index is 0.0462. The van der Waals surface area contributed by atoms with E-state index in [2.05, 4.69) is 26.6 Å². The van der Waals surface area contributed by atoms with Crippen LogP contribution in [0.4, 0.5) is 19.0 Å². The topological polar surface area (TPSA) is 65.5 Å². The summed E-state index contributed by atoms with van der Waals surface area (Å²) in [7, 11) is -1.74. The second-order valence-electron chi connectivity index (χ2n) is 7.09. The number of sulfonamides is 1. The predicted molar refractivity (Wildman–Crippen MR) is 105 cm³/mol. The Labute approximate surface area is 168 Å². The molecule has 0 saturated carbocycles. The Morgan fingerprint density at radius 2 is 1.79 bits per heavy atom. The van der Waals surface area contributed by atoms with Crippen LogP contribution in [0.25, 0.3) is 0 Å². The quantitative estimate of drug-likeness (QED) is 0.766. The number of hydrogen-bond donors (Lipinski definition) is 1. The first-order valence-corrected chi connectivity index (χ1v) is 10.8.